The quantitative estimate of drug-likeness (QED) is 0.740. The molecule has 1 aromatic carbocycles. The van der Waals surface area contributed by atoms with Gasteiger partial charge < -0.3 is 4.74 Å². The lowest BCUT2D eigenvalue weighted by molar-refractivity contribution is 0.414. The Morgan fingerprint density at radius 1 is 1.23 bits per heavy atom. The summed E-state index contributed by atoms with van der Waals surface area (Å²) in [6.45, 7) is 4.28. The molecule has 0 amide bonds. The van der Waals surface area contributed by atoms with Crippen molar-refractivity contribution in [3.8, 4) is 5.75 Å². The van der Waals surface area contributed by atoms with Crippen LogP contribution in [0.2, 0.25) is 0 Å². The van der Waals surface area contributed by atoms with Crippen LogP contribution in [0.1, 0.15) is 23.9 Å². The van der Waals surface area contributed by atoms with E-state index in [1.54, 1.807) is 14.0 Å². The lowest BCUT2D eigenvalue weighted by Gasteiger charge is -2.05. The van der Waals surface area contributed by atoms with E-state index in [0.29, 0.717) is 12.2 Å². The van der Waals surface area contributed by atoms with Gasteiger partial charge in [0.05, 0.1) is 25.0 Å². The van der Waals surface area contributed by atoms with Gasteiger partial charge in [0.25, 0.3) is 0 Å². The number of aromatic nitrogens is 3. The van der Waals surface area contributed by atoms with Crippen LogP contribution in [-0.2, 0) is 13.0 Å². The van der Waals surface area contributed by atoms with Gasteiger partial charge in [0.15, 0.2) is 5.65 Å². The first-order valence-electron chi connectivity index (χ1n) is 7.27. The number of nitrogens with zero attached hydrogens (tertiary/aromatic N) is 3. The molecule has 0 aliphatic heterocycles. The van der Waals surface area contributed by atoms with E-state index in [2.05, 4.69) is 10.1 Å². The molecule has 0 atom stereocenters. The normalized spacial score (nSPS) is 11.1. The van der Waals surface area contributed by atoms with Crippen LogP contribution in [0.3, 0.4) is 0 Å². The number of hydrogen-bond donors (Lipinski definition) is 0. The van der Waals surface area contributed by atoms with Crippen LogP contribution in [0.15, 0.2) is 30.3 Å². The minimum Gasteiger partial charge on any atom is -0.497 e. The predicted molar refractivity (Wildman–Crippen MR) is 83.7 cm³/mol. The van der Waals surface area contributed by atoms with E-state index in [9.17, 15) is 4.39 Å². The van der Waals surface area contributed by atoms with Gasteiger partial charge in [-0.15, -0.1) is 0 Å². The Bertz CT molecular complexity index is 809. The Balaban J connectivity index is 2.04. The van der Waals surface area contributed by atoms with E-state index in [1.807, 2.05) is 35.9 Å². The van der Waals surface area contributed by atoms with Crippen LogP contribution in [-0.4, -0.2) is 21.9 Å². The van der Waals surface area contributed by atoms with Crippen molar-refractivity contribution in [1.29, 1.82) is 0 Å². The molecule has 5 heteroatoms. The highest BCUT2D eigenvalue weighted by molar-refractivity contribution is 5.78. The van der Waals surface area contributed by atoms with Crippen molar-refractivity contribution >= 4 is 11.0 Å². The number of fused-ring (bicyclic) bond motifs is 1. The molecule has 0 spiro atoms. The number of halogens is 1. The number of benzene rings is 1. The maximum Gasteiger partial charge on any atom is 0.158 e. The summed E-state index contributed by atoms with van der Waals surface area (Å²) in [5.74, 6) is 0.533. The van der Waals surface area contributed by atoms with Gasteiger partial charge in [0, 0.05) is 5.39 Å². The van der Waals surface area contributed by atoms with Gasteiger partial charge in [-0.3, -0.25) is 0 Å². The van der Waals surface area contributed by atoms with Crippen molar-refractivity contribution in [1.82, 2.24) is 14.8 Å². The van der Waals surface area contributed by atoms with Crippen LogP contribution in [0.4, 0.5) is 4.39 Å². The largest absolute Gasteiger partial charge is 0.497 e. The molecule has 114 valence electrons. The zero-order valence-corrected chi connectivity index (χ0v) is 12.9. The second-order valence-corrected chi connectivity index (χ2v) is 5.23. The molecule has 2 heterocycles. The van der Waals surface area contributed by atoms with E-state index in [-0.39, 0.29) is 5.82 Å². The minimum absolute atomic E-state index is 0.286. The molecule has 3 rings (SSSR count). The molecule has 0 N–H and O–H groups in total. The molecule has 0 unspecified atom stereocenters. The molecule has 22 heavy (non-hydrogen) atoms. The Morgan fingerprint density at radius 3 is 2.59 bits per heavy atom. The summed E-state index contributed by atoms with van der Waals surface area (Å²) >= 11 is 0. The van der Waals surface area contributed by atoms with Gasteiger partial charge in [0.1, 0.15) is 11.6 Å². The highest BCUT2D eigenvalue weighted by Gasteiger charge is 2.13. The van der Waals surface area contributed by atoms with Gasteiger partial charge in [-0.1, -0.05) is 19.1 Å². The number of rotatable bonds is 4. The summed E-state index contributed by atoms with van der Waals surface area (Å²) in [6, 6.07) is 9.36. The van der Waals surface area contributed by atoms with Gasteiger partial charge in [-0.05, 0) is 37.1 Å². The van der Waals surface area contributed by atoms with Gasteiger partial charge in [-0.25, -0.2) is 14.1 Å². The van der Waals surface area contributed by atoms with E-state index in [0.717, 1.165) is 34.5 Å². The average molecular weight is 299 g/mol. The smallest absolute Gasteiger partial charge is 0.158 e. The molecule has 0 aliphatic rings. The van der Waals surface area contributed by atoms with Crippen LogP contribution in [0.5, 0.6) is 5.75 Å². The van der Waals surface area contributed by atoms with Crippen molar-refractivity contribution in [2.75, 3.05) is 7.11 Å². The zero-order valence-electron chi connectivity index (χ0n) is 12.9. The summed E-state index contributed by atoms with van der Waals surface area (Å²) in [4.78, 5) is 4.37. The molecular weight excluding hydrogens is 281 g/mol. The summed E-state index contributed by atoms with van der Waals surface area (Å²) in [6.07, 6.45) is 0.746. The van der Waals surface area contributed by atoms with E-state index in [4.69, 9.17) is 4.74 Å². The Morgan fingerprint density at radius 2 is 1.95 bits per heavy atom. The molecule has 4 nitrogen and oxygen atoms in total. The van der Waals surface area contributed by atoms with E-state index in [1.165, 1.54) is 6.07 Å². The first kappa shape index (κ1) is 14.5. The van der Waals surface area contributed by atoms with Crippen molar-refractivity contribution in [3.05, 3.63) is 53.1 Å². The molecule has 2 aromatic heterocycles. The Labute approximate surface area is 128 Å². The number of aryl methyl sites for hydroxylation is 2. The zero-order chi connectivity index (χ0) is 15.7. The number of ether oxygens (including phenoxy) is 1. The molecule has 0 fully saturated rings. The fraction of sp³-hybridized carbons (Fsp3) is 0.294. The molecule has 0 bridgehead atoms. The third-order valence-electron chi connectivity index (χ3n) is 3.75. The fourth-order valence-electron chi connectivity index (χ4n) is 2.50. The second-order valence-electron chi connectivity index (χ2n) is 5.23. The van der Waals surface area contributed by atoms with Crippen LogP contribution >= 0.6 is 0 Å². The van der Waals surface area contributed by atoms with Crippen molar-refractivity contribution in [2.24, 2.45) is 0 Å². The number of hydrogen-bond acceptors (Lipinski definition) is 3. The first-order valence-corrected chi connectivity index (χ1v) is 7.27. The van der Waals surface area contributed by atoms with Crippen molar-refractivity contribution < 1.29 is 9.13 Å². The Kier molecular flexibility index (Phi) is 3.79. The fourth-order valence-corrected chi connectivity index (χ4v) is 2.50. The number of pyridine rings is 1. The van der Waals surface area contributed by atoms with Gasteiger partial charge in [-0.2, -0.15) is 5.10 Å². The van der Waals surface area contributed by atoms with Crippen LogP contribution < -0.4 is 4.74 Å². The highest BCUT2D eigenvalue weighted by atomic mass is 19.1. The SMILES string of the molecule is CCc1nn(Cc2ccc(OC)cc2)c2nc(C)c(F)cc12. The first-order chi connectivity index (χ1) is 10.6. The molecule has 0 saturated heterocycles. The van der Waals surface area contributed by atoms with E-state index < -0.39 is 0 Å². The summed E-state index contributed by atoms with van der Waals surface area (Å²) in [7, 11) is 1.64. The third-order valence-corrected chi connectivity index (χ3v) is 3.75. The average Bonchev–Trinajstić information content (AvgIpc) is 2.86. The Hall–Kier alpha value is -2.43. The van der Waals surface area contributed by atoms with Crippen LogP contribution in [0.25, 0.3) is 11.0 Å². The molecule has 0 radical (unpaired) electrons. The topological polar surface area (TPSA) is 39.9 Å². The second kappa shape index (κ2) is 5.75. The summed E-state index contributed by atoms with van der Waals surface area (Å²) < 4.78 is 20.8. The molecular formula is C17H18FN3O. The van der Waals surface area contributed by atoms with Gasteiger partial charge in [0.2, 0.25) is 0 Å². The maximum absolute atomic E-state index is 13.8. The molecule has 3 aromatic rings. The van der Waals surface area contributed by atoms with Crippen LogP contribution in [0, 0.1) is 12.7 Å². The minimum atomic E-state index is -0.286. The third kappa shape index (κ3) is 2.54. The lowest BCUT2D eigenvalue weighted by atomic mass is 10.2. The summed E-state index contributed by atoms with van der Waals surface area (Å²) in [5.41, 5.74) is 3.09. The summed E-state index contributed by atoms with van der Waals surface area (Å²) in [5, 5.41) is 5.37. The lowest BCUT2D eigenvalue weighted by Crippen LogP contribution is -2.04. The predicted octanol–water partition coefficient (Wildman–Crippen LogP) is 3.50. The maximum atomic E-state index is 13.8. The van der Waals surface area contributed by atoms with Crippen molar-refractivity contribution in [2.45, 2.75) is 26.8 Å². The monoisotopic (exact) mass is 299 g/mol. The molecule has 0 saturated carbocycles. The highest BCUT2D eigenvalue weighted by Crippen LogP contribution is 2.21. The van der Waals surface area contributed by atoms with E-state index >= 15 is 0 Å². The van der Waals surface area contributed by atoms with Crippen molar-refractivity contribution in [3.63, 3.8) is 0 Å². The number of methoxy groups -OCH3 is 1. The molecule has 0 aliphatic carbocycles. The standard InChI is InChI=1S/C17H18FN3O/c1-4-16-14-9-15(18)11(2)19-17(14)21(20-16)10-12-5-7-13(22-3)8-6-12/h5-9H,4,10H2,1-3H3. The van der Waals surface area contributed by atoms with Gasteiger partial charge >= 0.3 is 0 Å².